The molecule has 1 unspecified atom stereocenters. The van der Waals surface area contributed by atoms with Crippen molar-refractivity contribution in [2.45, 2.75) is 82.0 Å². The molecular formula is C17H28N2O2. The SMILES string of the molecule is O=C1N(C2CCOCC2)C(C2CCCC2)NC12CCCC2. The maximum atomic E-state index is 13.2. The molecule has 4 rings (SSSR count). The molecule has 4 aliphatic rings. The number of amides is 1. The van der Waals surface area contributed by atoms with Gasteiger partial charge in [-0.25, -0.2) is 0 Å². The first kappa shape index (κ1) is 14.0. The summed E-state index contributed by atoms with van der Waals surface area (Å²) in [6.45, 7) is 1.64. The highest BCUT2D eigenvalue weighted by molar-refractivity contribution is 5.89. The molecule has 4 nitrogen and oxygen atoms in total. The highest BCUT2D eigenvalue weighted by Gasteiger charge is 2.55. The van der Waals surface area contributed by atoms with Gasteiger partial charge in [0.05, 0.1) is 11.7 Å². The van der Waals surface area contributed by atoms with Crippen LogP contribution in [0.4, 0.5) is 0 Å². The summed E-state index contributed by atoms with van der Waals surface area (Å²) in [5, 5.41) is 3.84. The molecule has 0 bridgehead atoms. The summed E-state index contributed by atoms with van der Waals surface area (Å²) in [5.41, 5.74) is -0.203. The predicted molar refractivity (Wildman–Crippen MR) is 80.8 cm³/mol. The van der Waals surface area contributed by atoms with Crippen molar-refractivity contribution in [3.05, 3.63) is 0 Å². The second-order valence-corrected chi connectivity index (χ2v) is 7.48. The molecule has 0 aromatic rings. The van der Waals surface area contributed by atoms with E-state index in [0.717, 1.165) is 38.9 Å². The maximum Gasteiger partial charge on any atom is 0.244 e. The highest BCUT2D eigenvalue weighted by Crippen LogP contribution is 2.42. The first-order valence-electron chi connectivity index (χ1n) is 8.98. The summed E-state index contributed by atoms with van der Waals surface area (Å²) in [4.78, 5) is 15.5. The lowest BCUT2D eigenvalue weighted by Gasteiger charge is -2.37. The van der Waals surface area contributed by atoms with Gasteiger partial charge in [0.2, 0.25) is 5.91 Å². The molecular weight excluding hydrogens is 264 g/mol. The number of hydrogen-bond acceptors (Lipinski definition) is 3. The Bertz CT molecular complexity index is 394. The van der Waals surface area contributed by atoms with Gasteiger partial charge in [0.25, 0.3) is 0 Å². The minimum Gasteiger partial charge on any atom is -0.381 e. The molecule has 2 saturated heterocycles. The zero-order valence-corrected chi connectivity index (χ0v) is 13.0. The molecule has 118 valence electrons. The molecule has 4 fully saturated rings. The van der Waals surface area contributed by atoms with E-state index in [9.17, 15) is 4.79 Å². The van der Waals surface area contributed by atoms with Gasteiger partial charge in [-0.05, 0) is 44.4 Å². The Morgan fingerprint density at radius 3 is 2.33 bits per heavy atom. The van der Waals surface area contributed by atoms with E-state index in [1.165, 1.54) is 38.5 Å². The van der Waals surface area contributed by atoms with Crippen LogP contribution in [-0.2, 0) is 9.53 Å². The predicted octanol–water partition coefficient (Wildman–Crippen LogP) is 2.43. The summed E-state index contributed by atoms with van der Waals surface area (Å²) in [6.07, 6.45) is 12.1. The molecule has 2 saturated carbocycles. The Balaban J connectivity index is 1.60. The number of hydrogen-bond donors (Lipinski definition) is 1. The summed E-state index contributed by atoms with van der Waals surface area (Å²) >= 11 is 0. The van der Waals surface area contributed by atoms with Crippen LogP contribution in [0.15, 0.2) is 0 Å². The molecule has 21 heavy (non-hydrogen) atoms. The smallest absolute Gasteiger partial charge is 0.244 e. The number of rotatable bonds is 2. The van der Waals surface area contributed by atoms with Gasteiger partial charge in [-0.3, -0.25) is 10.1 Å². The Hall–Kier alpha value is -0.610. The van der Waals surface area contributed by atoms with Crippen LogP contribution >= 0.6 is 0 Å². The first-order chi connectivity index (χ1) is 10.3. The number of carbonyl (C=O) groups excluding carboxylic acids is 1. The number of carbonyl (C=O) groups is 1. The number of nitrogens with one attached hydrogen (secondary N) is 1. The van der Waals surface area contributed by atoms with Crippen molar-refractivity contribution in [2.75, 3.05) is 13.2 Å². The molecule has 1 amide bonds. The van der Waals surface area contributed by atoms with Crippen molar-refractivity contribution in [3.8, 4) is 0 Å². The van der Waals surface area contributed by atoms with Gasteiger partial charge in [-0.2, -0.15) is 0 Å². The Labute approximate surface area is 127 Å². The molecule has 4 heteroatoms. The van der Waals surface area contributed by atoms with Crippen LogP contribution < -0.4 is 5.32 Å². The van der Waals surface area contributed by atoms with E-state index < -0.39 is 0 Å². The topological polar surface area (TPSA) is 41.6 Å². The summed E-state index contributed by atoms with van der Waals surface area (Å²) < 4.78 is 5.51. The second-order valence-electron chi connectivity index (χ2n) is 7.48. The van der Waals surface area contributed by atoms with E-state index >= 15 is 0 Å². The number of nitrogens with zero attached hydrogens (tertiary/aromatic N) is 1. The minimum atomic E-state index is -0.203. The molecule has 0 aromatic heterocycles. The lowest BCUT2D eigenvalue weighted by molar-refractivity contribution is -0.137. The standard InChI is InChI=1S/C17H28N2O2/c20-16-17(9-3-4-10-17)18-15(13-5-1-2-6-13)19(16)14-7-11-21-12-8-14/h13-15,18H,1-12H2. The van der Waals surface area contributed by atoms with Gasteiger partial charge in [-0.15, -0.1) is 0 Å². The molecule has 1 atom stereocenters. The average molecular weight is 292 g/mol. The van der Waals surface area contributed by atoms with E-state index in [4.69, 9.17) is 4.74 Å². The zero-order chi connectivity index (χ0) is 14.3. The molecule has 0 radical (unpaired) electrons. The van der Waals surface area contributed by atoms with Crippen LogP contribution in [0.3, 0.4) is 0 Å². The van der Waals surface area contributed by atoms with E-state index in [1.807, 2.05) is 0 Å². The molecule has 1 N–H and O–H groups in total. The highest BCUT2D eigenvalue weighted by atomic mass is 16.5. The molecule has 0 aromatic carbocycles. The van der Waals surface area contributed by atoms with E-state index in [-0.39, 0.29) is 5.54 Å². The summed E-state index contributed by atoms with van der Waals surface area (Å²) in [5.74, 6) is 1.10. The zero-order valence-electron chi connectivity index (χ0n) is 13.0. The van der Waals surface area contributed by atoms with Gasteiger partial charge in [0.15, 0.2) is 0 Å². The Kier molecular flexibility index (Phi) is 3.70. The van der Waals surface area contributed by atoms with Crippen molar-refractivity contribution < 1.29 is 9.53 Å². The third-order valence-electron chi connectivity index (χ3n) is 6.26. The number of ether oxygens (including phenoxy) is 1. The van der Waals surface area contributed by atoms with Gasteiger partial charge in [-0.1, -0.05) is 25.7 Å². The third kappa shape index (κ3) is 2.31. The Morgan fingerprint density at radius 1 is 1.00 bits per heavy atom. The lowest BCUT2D eigenvalue weighted by Crippen LogP contribution is -2.49. The van der Waals surface area contributed by atoms with Crippen LogP contribution in [0.1, 0.15) is 64.2 Å². The molecule has 2 heterocycles. The molecule has 1 spiro atoms. The van der Waals surface area contributed by atoms with Crippen molar-refractivity contribution >= 4 is 5.91 Å². The summed E-state index contributed by atoms with van der Waals surface area (Å²) in [6, 6.07) is 0.407. The van der Waals surface area contributed by atoms with Crippen molar-refractivity contribution in [3.63, 3.8) is 0 Å². The largest absolute Gasteiger partial charge is 0.381 e. The maximum absolute atomic E-state index is 13.2. The monoisotopic (exact) mass is 292 g/mol. The van der Waals surface area contributed by atoms with Crippen LogP contribution in [0.25, 0.3) is 0 Å². The van der Waals surface area contributed by atoms with Crippen LogP contribution in [0.5, 0.6) is 0 Å². The molecule has 2 aliphatic carbocycles. The quantitative estimate of drug-likeness (QED) is 0.850. The van der Waals surface area contributed by atoms with Crippen molar-refractivity contribution in [1.82, 2.24) is 10.2 Å². The van der Waals surface area contributed by atoms with Gasteiger partial charge in [0.1, 0.15) is 0 Å². The fourth-order valence-corrected chi connectivity index (χ4v) is 5.10. The fourth-order valence-electron chi connectivity index (χ4n) is 5.10. The average Bonchev–Trinajstić information content (AvgIpc) is 3.24. The lowest BCUT2D eigenvalue weighted by atomic mass is 9.97. The first-order valence-corrected chi connectivity index (χ1v) is 8.98. The van der Waals surface area contributed by atoms with E-state index in [0.29, 0.717) is 24.0 Å². The fraction of sp³-hybridized carbons (Fsp3) is 0.941. The van der Waals surface area contributed by atoms with Gasteiger partial charge < -0.3 is 9.64 Å². The third-order valence-corrected chi connectivity index (χ3v) is 6.26. The summed E-state index contributed by atoms with van der Waals surface area (Å²) in [7, 11) is 0. The minimum absolute atomic E-state index is 0.203. The second kappa shape index (κ2) is 5.54. The van der Waals surface area contributed by atoms with E-state index in [2.05, 4.69) is 10.2 Å². The van der Waals surface area contributed by atoms with Crippen molar-refractivity contribution in [2.24, 2.45) is 5.92 Å². The Morgan fingerprint density at radius 2 is 1.67 bits per heavy atom. The van der Waals surface area contributed by atoms with Crippen LogP contribution in [0.2, 0.25) is 0 Å². The van der Waals surface area contributed by atoms with Gasteiger partial charge >= 0.3 is 0 Å². The van der Waals surface area contributed by atoms with Crippen LogP contribution in [-0.4, -0.2) is 41.8 Å². The van der Waals surface area contributed by atoms with E-state index in [1.54, 1.807) is 0 Å². The van der Waals surface area contributed by atoms with Crippen LogP contribution in [0, 0.1) is 5.92 Å². The molecule has 2 aliphatic heterocycles. The van der Waals surface area contributed by atoms with Gasteiger partial charge in [0, 0.05) is 19.3 Å². The normalized spacial score (nSPS) is 34.4. The van der Waals surface area contributed by atoms with Crippen molar-refractivity contribution in [1.29, 1.82) is 0 Å².